The van der Waals surface area contributed by atoms with Gasteiger partial charge in [0.2, 0.25) is 5.82 Å². The number of carbonyl (C=O) groups excluding carboxylic acids is 1. The number of aromatic nitrogens is 2. The van der Waals surface area contributed by atoms with Crippen LogP contribution in [0.2, 0.25) is 0 Å². The SMILES string of the molecule is Cc1ccccc1-c1noc(COC(=O)c2ccccc2SCC2CCCO2)n1. The van der Waals surface area contributed by atoms with Crippen molar-refractivity contribution < 1.29 is 18.8 Å². The molecule has 0 spiro atoms. The van der Waals surface area contributed by atoms with E-state index in [2.05, 4.69) is 10.1 Å². The maximum atomic E-state index is 12.6. The molecule has 1 aromatic heterocycles. The fourth-order valence-electron chi connectivity index (χ4n) is 3.17. The van der Waals surface area contributed by atoms with E-state index in [4.69, 9.17) is 14.0 Å². The van der Waals surface area contributed by atoms with Crippen LogP contribution in [0.4, 0.5) is 0 Å². The van der Waals surface area contributed by atoms with E-state index in [1.807, 2.05) is 49.4 Å². The van der Waals surface area contributed by atoms with Crippen molar-refractivity contribution in [3.05, 3.63) is 65.5 Å². The van der Waals surface area contributed by atoms with E-state index in [0.29, 0.717) is 11.4 Å². The van der Waals surface area contributed by atoms with Gasteiger partial charge in [0.15, 0.2) is 6.61 Å². The third-order valence-electron chi connectivity index (χ3n) is 4.74. The van der Waals surface area contributed by atoms with Crippen LogP contribution in [0, 0.1) is 6.92 Å². The topological polar surface area (TPSA) is 74.5 Å². The summed E-state index contributed by atoms with van der Waals surface area (Å²) in [6.45, 7) is 2.74. The van der Waals surface area contributed by atoms with Crippen molar-refractivity contribution in [2.75, 3.05) is 12.4 Å². The predicted molar refractivity (Wildman–Crippen MR) is 110 cm³/mol. The highest BCUT2D eigenvalue weighted by atomic mass is 32.2. The normalized spacial score (nSPS) is 16.1. The number of benzene rings is 2. The fourth-order valence-corrected chi connectivity index (χ4v) is 4.28. The van der Waals surface area contributed by atoms with Crippen molar-refractivity contribution in [1.82, 2.24) is 10.1 Å². The van der Waals surface area contributed by atoms with Gasteiger partial charge in [0.25, 0.3) is 5.89 Å². The van der Waals surface area contributed by atoms with Gasteiger partial charge >= 0.3 is 5.97 Å². The molecule has 29 heavy (non-hydrogen) atoms. The predicted octanol–water partition coefficient (Wildman–Crippen LogP) is 4.67. The smallest absolute Gasteiger partial charge is 0.339 e. The van der Waals surface area contributed by atoms with Gasteiger partial charge in [-0.15, -0.1) is 11.8 Å². The van der Waals surface area contributed by atoms with Crippen LogP contribution >= 0.6 is 11.8 Å². The highest BCUT2D eigenvalue weighted by Gasteiger charge is 2.19. The Morgan fingerprint density at radius 2 is 2.03 bits per heavy atom. The summed E-state index contributed by atoms with van der Waals surface area (Å²) < 4.78 is 16.3. The first-order valence-corrected chi connectivity index (χ1v) is 10.6. The highest BCUT2D eigenvalue weighted by molar-refractivity contribution is 7.99. The maximum Gasteiger partial charge on any atom is 0.339 e. The molecule has 2 aromatic carbocycles. The third kappa shape index (κ3) is 4.86. The molecule has 0 bridgehead atoms. The Morgan fingerprint density at radius 3 is 2.86 bits per heavy atom. The van der Waals surface area contributed by atoms with E-state index in [1.165, 1.54) is 0 Å². The zero-order valence-corrected chi connectivity index (χ0v) is 17.0. The highest BCUT2D eigenvalue weighted by Crippen LogP contribution is 2.27. The summed E-state index contributed by atoms with van der Waals surface area (Å²) >= 11 is 1.62. The number of nitrogens with zero attached hydrogens (tertiary/aromatic N) is 2. The Balaban J connectivity index is 1.38. The molecule has 1 atom stereocenters. The van der Waals surface area contributed by atoms with Crippen LogP contribution in [0.3, 0.4) is 0 Å². The minimum atomic E-state index is -0.406. The van der Waals surface area contributed by atoms with Crippen LogP contribution in [0.1, 0.15) is 34.7 Å². The molecule has 6 nitrogen and oxygen atoms in total. The first kappa shape index (κ1) is 19.7. The molecule has 1 aliphatic heterocycles. The van der Waals surface area contributed by atoms with Crippen molar-refractivity contribution in [3.63, 3.8) is 0 Å². The van der Waals surface area contributed by atoms with E-state index in [1.54, 1.807) is 17.8 Å². The van der Waals surface area contributed by atoms with Gasteiger partial charge in [-0.05, 0) is 37.5 Å². The molecule has 0 radical (unpaired) electrons. The van der Waals surface area contributed by atoms with Crippen molar-refractivity contribution in [2.24, 2.45) is 0 Å². The minimum absolute atomic E-state index is 0.0670. The number of hydrogen-bond donors (Lipinski definition) is 0. The van der Waals surface area contributed by atoms with Crippen LogP contribution in [0.25, 0.3) is 11.4 Å². The van der Waals surface area contributed by atoms with Crippen molar-refractivity contribution in [2.45, 2.75) is 37.4 Å². The van der Waals surface area contributed by atoms with E-state index in [0.717, 1.165) is 41.2 Å². The average molecular weight is 410 g/mol. The quantitative estimate of drug-likeness (QED) is 0.414. The van der Waals surface area contributed by atoms with E-state index in [-0.39, 0.29) is 18.6 Å². The Bertz CT molecular complexity index is 982. The molecular weight excluding hydrogens is 388 g/mol. The lowest BCUT2D eigenvalue weighted by atomic mass is 10.1. The summed E-state index contributed by atoms with van der Waals surface area (Å²) in [6.07, 6.45) is 2.42. The summed E-state index contributed by atoms with van der Waals surface area (Å²) in [7, 11) is 0. The van der Waals surface area contributed by atoms with Crippen molar-refractivity contribution in [3.8, 4) is 11.4 Å². The zero-order chi connectivity index (χ0) is 20.1. The molecule has 0 aliphatic carbocycles. The summed E-state index contributed by atoms with van der Waals surface area (Å²) in [6, 6.07) is 15.2. The second-order valence-electron chi connectivity index (χ2n) is 6.84. The lowest BCUT2D eigenvalue weighted by Gasteiger charge is -2.11. The molecule has 0 amide bonds. The lowest BCUT2D eigenvalue weighted by molar-refractivity contribution is 0.0425. The molecular formula is C22H22N2O4S. The lowest BCUT2D eigenvalue weighted by Crippen LogP contribution is -2.10. The molecule has 1 aliphatic rings. The Labute approximate surface area is 173 Å². The molecule has 0 N–H and O–H groups in total. The fraction of sp³-hybridized carbons (Fsp3) is 0.318. The van der Waals surface area contributed by atoms with Gasteiger partial charge in [-0.2, -0.15) is 4.98 Å². The van der Waals surface area contributed by atoms with Crippen LogP contribution in [0.5, 0.6) is 0 Å². The first-order valence-electron chi connectivity index (χ1n) is 9.60. The third-order valence-corrected chi connectivity index (χ3v) is 5.94. The van der Waals surface area contributed by atoms with Crippen LogP contribution in [0.15, 0.2) is 57.9 Å². The molecule has 1 unspecified atom stereocenters. The molecule has 1 saturated heterocycles. The molecule has 150 valence electrons. The zero-order valence-electron chi connectivity index (χ0n) is 16.2. The van der Waals surface area contributed by atoms with Crippen molar-refractivity contribution in [1.29, 1.82) is 0 Å². The number of aryl methyl sites for hydroxylation is 1. The average Bonchev–Trinajstić information content (AvgIpc) is 3.43. The standard InChI is InChI=1S/C22H22N2O4S/c1-15-7-2-3-9-17(15)21-23-20(28-24-21)13-27-22(25)18-10-4-5-11-19(18)29-14-16-8-6-12-26-16/h2-5,7,9-11,16H,6,8,12-14H2,1H3. The van der Waals surface area contributed by atoms with E-state index < -0.39 is 5.97 Å². The number of ether oxygens (including phenoxy) is 2. The van der Waals surface area contributed by atoms with E-state index >= 15 is 0 Å². The monoisotopic (exact) mass is 410 g/mol. The molecule has 3 aromatic rings. The number of thioether (sulfide) groups is 1. The molecule has 1 fully saturated rings. The van der Waals surface area contributed by atoms with Gasteiger partial charge in [-0.3, -0.25) is 0 Å². The molecule has 7 heteroatoms. The summed E-state index contributed by atoms with van der Waals surface area (Å²) in [4.78, 5) is 17.8. The van der Waals surface area contributed by atoms with Crippen LogP contribution < -0.4 is 0 Å². The van der Waals surface area contributed by atoms with Crippen LogP contribution in [-0.2, 0) is 16.1 Å². The van der Waals surface area contributed by atoms with Crippen molar-refractivity contribution >= 4 is 17.7 Å². The summed E-state index contributed by atoms with van der Waals surface area (Å²) in [5.74, 6) is 1.17. The number of hydrogen-bond acceptors (Lipinski definition) is 7. The van der Waals surface area contributed by atoms with Gasteiger partial charge in [0, 0.05) is 22.8 Å². The molecule has 2 heterocycles. The summed E-state index contributed by atoms with van der Waals surface area (Å²) in [5.41, 5.74) is 2.48. The van der Waals surface area contributed by atoms with Crippen LogP contribution in [-0.4, -0.2) is 34.6 Å². The van der Waals surface area contributed by atoms with Gasteiger partial charge in [-0.25, -0.2) is 4.79 Å². The number of carbonyl (C=O) groups is 1. The molecule has 0 saturated carbocycles. The second kappa shape index (κ2) is 9.24. The largest absolute Gasteiger partial charge is 0.452 e. The van der Waals surface area contributed by atoms with Gasteiger partial charge in [0.05, 0.1) is 11.7 Å². The Hall–Kier alpha value is -2.64. The first-order chi connectivity index (χ1) is 14.2. The second-order valence-corrected chi connectivity index (χ2v) is 7.91. The Morgan fingerprint density at radius 1 is 1.21 bits per heavy atom. The Kier molecular flexibility index (Phi) is 6.27. The van der Waals surface area contributed by atoms with Gasteiger partial charge < -0.3 is 14.0 Å². The number of rotatable bonds is 7. The minimum Gasteiger partial charge on any atom is -0.452 e. The molecule has 4 rings (SSSR count). The maximum absolute atomic E-state index is 12.6. The van der Waals surface area contributed by atoms with Gasteiger partial charge in [0.1, 0.15) is 0 Å². The van der Waals surface area contributed by atoms with E-state index in [9.17, 15) is 4.79 Å². The number of esters is 1. The summed E-state index contributed by atoms with van der Waals surface area (Å²) in [5, 5.41) is 3.99. The van der Waals surface area contributed by atoms with Gasteiger partial charge in [-0.1, -0.05) is 41.6 Å².